The third kappa shape index (κ3) is 6.84. The van der Waals surface area contributed by atoms with Gasteiger partial charge < -0.3 is 4.74 Å². The van der Waals surface area contributed by atoms with E-state index < -0.39 is 28.4 Å². The van der Waals surface area contributed by atoms with Crippen molar-refractivity contribution in [1.29, 1.82) is 0 Å². The molecule has 1 amide bonds. The Morgan fingerprint density at radius 2 is 1.45 bits per heavy atom. The molecule has 1 N–H and O–H groups in total. The average Bonchev–Trinajstić information content (AvgIpc) is 2.94. The zero-order valence-corrected chi connectivity index (χ0v) is 21.5. The molecule has 0 unspecified atom stereocenters. The fourth-order valence-corrected chi connectivity index (χ4v) is 4.90. The molecule has 4 aromatic rings. The van der Waals surface area contributed by atoms with Crippen molar-refractivity contribution in [2.75, 3.05) is 10.8 Å². The Kier molecular flexibility index (Phi) is 8.52. The molecule has 0 aliphatic carbocycles. The SMILES string of the molecule is O=C(CN(c1ccccc1)S(=O)(=O)c1ccc(Cl)cc1)N/N=C\c1ccc(OC(=O)c2ccccc2)cc1. The highest BCUT2D eigenvalue weighted by Crippen LogP contribution is 2.24. The minimum atomic E-state index is -4.06. The molecule has 38 heavy (non-hydrogen) atoms. The van der Waals surface area contributed by atoms with Crippen LogP contribution in [0.15, 0.2) is 119 Å². The number of sulfonamides is 1. The maximum Gasteiger partial charge on any atom is 0.343 e. The van der Waals surface area contributed by atoms with Crippen LogP contribution in [0.4, 0.5) is 5.69 Å². The predicted molar refractivity (Wildman–Crippen MR) is 146 cm³/mol. The van der Waals surface area contributed by atoms with Gasteiger partial charge in [-0.2, -0.15) is 5.10 Å². The molecule has 4 aromatic carbocycles. The summed E-state index contributed by atoms with van der Waals surface area (Å²) in [6, 6.07) is 29.1. The van der Waals surface area contributed by atoms with Gasteiger partial charge in [0.05, 0.1) is 22.4 Å². The van der Waals surface area contributed by atoms with Gasteiger partial charge in [-0.15, -0.1) is 0 Å². The van der Waals surface area contributed by atoms with Crippen LogP contribution in [0.1, 0.15) is 15.9 Å². The lowest BCUT2D eigenvalue weighted by atomic mass is 10.2. The molecule has 4 rings (SSSR count). The van der Waals surface area contributed by atoms with Crippen LogP contribution in [0.3, 0.4) is 0 Å². The summed E-state index contributed by atoms with van der Waals surface area (Å²) in [5.41, 5.74) is 3.73. The number of hydrogen-bond donors (Lipinski definition) is 1. The van der Waals surface area contributed by atoms with Crippen LogP contribution in [0, 0.1) is 0 Å². The number of nitrogens with zero attached hydrogens (tertiary/aromatic N) is 2. The Labute approximate surface area is 225 Å². The van der Waals surface area contributed by atoms with Gasteiger partial charge in [0.1, 0.15) is 12.3 Å². The first-order valence-corrected chi connectivity index (χ1v) is 13.2. The molecule has 0 spiro atoms. The minimum Gasteiger partial charge on any atom is -0.423 e. The van der Waals surface area contributed by atoms with Crippen LogP contribution in [-0.2, 0) is 14.8 Å². The summed E-state index contributed by atoms with van der Waals surface area (Å²) < 4.78 is 32.9. The zero-order valence-electron chi connectivity index (χ0n) is 19.9. The number of anilines is 1. The molecule has 0 aliphatic rings. The second-order valence-electron chi connectivity index (χ2n) is 7.92. The Morgan fingerprint density at radius 3 is 2.08 bits per heavy atom. The normalized spacial score (nSPS) is 11.2. The molecular weight excluding hydrogens is 526 g/mol. The first-order valence-electron chi connectivity index (χ1n) is 11.4. The number of esters is 1. The van der Waals surface area contributed by atoms with Crippen molar-refractivity contribution in [1.82, 2.24) is 5.43 Å². The molecule has 0 saturated heterocycles. The second-order valence-corrected chi connectivity index (χ2v) is 10.2. The van der Waals surface area contributed by atoms with E-state index in [1.165, 1.54) is 30.5 Å². The Hall–Kier alpha value is -4.47. The molecule has 10 heteroatoms. The molecule has 192 valence electrons. The molecule has 0 fully saturated rings. The fraction of sp³-hybridized carbons (Fsp3) is 0.0357. The maximum atomic E-state index is 13.3. The highest BCUT2D eigenvalue weighted by atomic mass is 35.5. The number of para-hydroxylation sites is 1. The number of carbonyl (C=O) groups excluding carboxylic acids is 2. The van der Waals surface area contributed by atoms with E-state index in [0.717, 1.165) is 4.31 Å². The van der Waals surface area contributed by atoms with Gasteiger partial charge in [0.25, 0.3) is 15.9 Å². The van der Waals surface area contributed by atoms with Gasteiger partial charge in [0.2, 0.25) is 0 Å². The first-order chi connectivity index (χ1) is 18.3. The highest BCUT2D eigenvalue weighted by Gasteiger charge is 2.27. The molecule has 0 atom stereocenters. The maximum absolute atomic E-state index is 13.3. The lowest BCUT2D eigenvalue weighted by Gasteiger charge is -2.23. The number of hydrogen-bond acceptors (Lipinski definition) is 6. The van der Waals surface area contributed by atoms with Crippen molar-refractivity contribution < 1.29 is 22.7 Å². The molecule has 0 heterocycles. The van der Waals surface area contributed by atoms with Gasteiger partial charge in [-0.3, -0.25) is 9.10 Å². The number of nitrogens with one attached hydrogen (secondary N) is 1. The molecular formula is C28H22ClN3O5S. The quantitative estimate of drug-likeness (QED) is 0.139. The van der Waals surface area contributed by atoms with E-state index in [1.807, 2.05) is 6.07 Å². The summed E-state index contributed by atoms with van der Waals surface area (Å²) in [6.45, 7) is -0.499. The fourth-order valence-electron chi connectivity index (χ4n) is 3.35. The van der Waals surface area contributed by atoms with Crippen molar-refractivity contribution in [3.63, 3.8) is 0 Å². The minimum absolute atomic E-state index is 0.00453. The van der Waals surface area contributed by atoms with E-state index in [0.29, 0.717) is 27.6 Å². The molecule has 0 saturated carbocycles. The van der Waals surface area contributed by atoms with Crippen LogP contribution < -0.4 is 14.5 Å². The molecule has 0 bridgehead atoms. The highest BCUT2D eigenvalue weighted by molar-refractivity contribution is 7.92. The average molecular weight is 548 g/mol. The van der Waals surface area contributed by atoms with E-state index in [2.05, 4.69) is 10.5 Å². The number of ether oxygens (including phenoxy) is 1. The van der Waals surface area contributed by atoms with Gasteiger partial charge in [-0.1, -0.05) is 48.0 Å². The van der Waals surface area contributed by atoms with Gasteiger partial charge in [-0.05, 0) is 78.4 Å². The van der Waals surface area contributed by atoms with Crippen molar-refractivity contribution in [2.45, 2.75) is 4.90 Å². The van der Waals surface area contributed by atoms with E-state index in [4.69, 9.17) is 16.3 Å². The first kappa shape index (κ1) is 26.6. The van der Waals surface area contributed by atoms with Gasteiger partial charge in [-0.25, -0.2) is 18.6 Å². The number of hydrazone groups is 1. The van der Waals surface area contributed by atoms with Crippen LogP contribution in [0.25, 0.3) is 0 Å². The predicted octanol–water partition coefficient (Wildman–Crippen LogP) is 4.90. The molecule has 0 aliphatic heterocycles. The summed E-state index contributed by atoms with van der Waals surface area (Å²) >= 11 is 5.90. The van der Waals surface area contributed by atoms with E-state index in [1.54, 1.807) is 78.9 Å². The smallest absolute Gasteiger partial charge is 0.343 e. The summed E-state index contributed by atoms with van der Waals surface area (Å²) in [5, 5.41) is 4.31. The third-order valence-electron chi connectivity index (χ3n) is 5.24. The Bertz CT molecular complexity index is 1530. The number of rotatable bonds is 9. The second kappa shape index (κ2) is 12.2. The standard InChI is InChI=1S/C28H22ClN3O5S/c29-23-13-17-26(18-14-23)38(35,36)32(24-9-5-2-6-10-24)20-27(33)31-30-19-21-11-15-25(16-12-21)37-28(34)22-7-3-1-4-8-22/h1-19H,20H2,(H,31,33)/b30-19-. The summed E-state index contributed by atoms with van der Waals surface area (Å²) in [4.78, 5) is 24.8. The number of amides is 1. The van der Waals surface area contributed by atoms with E-state index in [-0.39, 0.29) is 4.90 Å². The summed E-state index contributed by atoms with van der Waals surface area (Å²) in [6.07, 6.45) is 1.39. The van der Waals surface area contributed by atoms with Crippen molar-refractivity contribution in [2.24, 2.45) is 5.10 Å². The van der Waals surface area contributed by atoms with Gasteiger partial charge >= 0.3 is 5.97 Å². The van der Waals surface area contributed by atoms with Crippen LogP contribution >= 0.6 is 11.6 Å². The molecule has 0 aromatic heterocycles. The van der Waals surface area contributed by atoms with Gasteiger partial charge in [0.15, 0.2) is 0 Å². The van der Waals surface area contributed by atoms with Crippen LogP contribution in [0.5, 0.6) is 5.75 Å². The third-order valence-corrected chi connectivity index (χ3v) is 7.28. The molecule has 0 radical (unpaired) electrons. The monoisotopic (exact) mass is 547 g/mol. The van der Waals surface area contributed by atoms with Crippen LogP contribution in [-0.4, -0.2) is 33.1 Å². The van der Waals surface area contributed by atoms with Crippen LogP contribution in [0.2, 0.25) is 5.02 Å². The number of benzene rings is 4. The molecule has 8 nitrogen and oxygen atoms in total. The zero-order chi connectivity index (χ0) is 27.0. The van der Waals surface area contributed by atoms with E-state index >= 15 is 0 Å². The Balaban J connectivity index is 1.40. The number of halogens is 1. The summed E-state index contributed by atoms with van der Waals surface area (Å²) in [5.74, 6) is -0.766. The summed E-state index contributed by atoms with van der Waals surface area (Å²) in [7, 11) is -4.06. The van der Waals surface area contributed by atoms with Gasteiger partial charge in [0, 0.05) is 5.02 Å². The lowest BCUT2D eigenvalue weighted by molar-refractivity contribution is -0.119. The largest absolute Gasteiger partial charge is 0.423 e. The number of carbonyl (C=O) groups is 2. The topological polar surface area (TPSA) is 105 Å². The van der Waals surface area contributed by atoms with Crippen molar-refractivity contribution in [3.05, 3.63) is 125 Å². The lowest BCUT2D eigenvalue weighted by Crippen LogP contribution is -2.39. The van der Waals surface area contributed by atoms with Crippen molar-refractivity contribution >= 4 is 45.4 Å². The van der Waals surface area contributed by atoms with E-state index in [9.17, 15) is 18.0 Å². The van der Waals surface area contributed by atoms with Crippen molar-refractivity contribution in [3.8, 4) is 5.75 Å². The Morgan fingerprint density at radius 1 is 0.842 bits per heavy atom.